The highest BCUT2D eigenvalue weighted by Crippen LogP contribution is 2.39. The van der Waals surface area contributed by atoms with Crippen molar-refractivity contribution < 1.29 is 62.1 Å². The van der Waals surface area contributed by atoms with Gasteiger partial charge in [0, 0.05) is 10.8 Å². The summed E-state index contributed by atoms with van der Waals surface area (Å²) in [5.41, 5.74) is -0.401. The molecule has 6 rings (SSSR count). The predicted octanol–water partition coefficient (Wildman–Crippen LogP) is 7.01. The van der Waals surface area contributed by atoms with E-state index in [2.05, 4.69) is 20.5 Å². The molecular formula is C34H26N4O14S4. The van der Waals surface area contributed by atoms with Crippen LogP contribution in [0.4, 0.5) is 22.7 Å². The number of phenols is 2. The second-order valence-electron chi connectivity index (χ2n) is 12.0. The molecule has 0 aliphatic rings. The Morgan fingerprint density at radius 3 is 1.12 bits per heavy atom. The fourth-order valence-corrected chi connectivity index (χ4v) is 8.25. The van der Waals surface area contributed by atoms with Gasteiger partial charge in [0.2, 0.25) is 0 Å². The van der Waals surface area contributed by atoms with Crippen LogP contribution in [-0.2, 0) is 53.3 Å². The average molecular weight is 843 g/mol. The van der Waals surface area contributed by atoms with Crippen molar-refractivity contribution in [3.63, 3.8) is 0 Å². The molecule has 22 heteroatoms. The van der Waals surface area contributed by atoms with E-state index in [0.29, 0.717) is 0 Å². The number of rotatable bonds is 11. The molecule has 6 aromatic rings. The van der Waals surface area contributed by atoms with Gasteiger partial charge in [-0.2, -0.15) is 43.9 Å². The zero-order valence-electron chi connectivity index (χ0n) is 28.0. The van der Waals surface area contributed by atoms with Crippen molar-refractivity contribution >= 4 is 84.8 Å². The van der Waals surface area contributed by atoms with Crippen LogP contribution >= 0.6 is 0 Å². The molecule has 290 valence electrons. The quantitative estimate of drug-likeness (QED) is 0.0565. The lowest BCUT2D eigenvalue weighted by Gasteiger charge is -2.11. The van der Waals surface area contributed by atoms with E-state index in [-0.39, 0.29) is 79.8 Å². The molecule has 0 atom stereocenters. The van der Waals surface area contributed by atoms with Crippen molar-refractivity contribution in [2.45, 2.75) is 32.4 Å². The molecule has 6 aromatic carbocycles. The predicted molar refractivity (Wildman–Crippen MR) is 199 cm³/mol. The monoisotopic (exact) mass is 842 g/mol. The van der Waals surface area contributed by atoms with Crippen molar-refractivity contribution in [2.75, 3.05) is 0 Å². The Bertz CT molecular complexity index is 2910. The van der Waals surface area contributed by atoms with E-state index >= 15 is 0 Å². The molecule has 0 aromatic heterocycles. The van der Waals surface area contributed by atoms with Crippen molar-refractivity contribution in [1.29, 1.82) is 0 Å². The van der Waals surface area contributed by atoms with Gasteiger partial charge in [-0.25, -0.2) is 0 Å². The number of nitrogens with zero attached hydrogens (tertiary/aromatic N) is 4. The Hall–Kier alpha value is -5.72. The summed E-state index contributed by atoms with van der Waals surface area (Å²) in [5, 5.41) is 37.7. The summed E-state index contributed by atoms with van der Waals surface area (Å²) in [5.74, 6) is -0.726. The second kappa shape index (κ2) is 14.7. The Balaban J connectivity index is 1.28. The molecule has 18 nitrogen and oxygen atoms in total. The minimum atomic E-state index is -4.90. The molecule has 0 aliphatic carbocycles. The Morgan fingerprint density at radius 2 is 0.786 bits per heavy atom. The van der Waals surface area contributed by atoms with Gasteiger partial charge >= 0.3 is 0 Å². The summed E-state index contributed by atoms with van der Waals surface area (Å²) >= 11 is 0. The maximum atomic E-state index is 12.4. The number of hydrogen-bond acceptors (Lipinski definition) is 14. The minimum Gasteiger partial charge on any atom is -0.506 e. The van der Waals surface area contributed by atoms with E-state index in [1.54, 1.807) is 0 Å². The molecule has 0 saturated heterocycles. The zero-order valence-corrected chi connectivity index (χ0v) is 31.3. The maximum Gasteiger partial charge on any atom is 0.294 e. The molecule has 0 fully saturated rings. The molecule has 56 heavy (non-hydrogen) atoms. The van der Waals surface area contributed by atoms with Gasteiger partial charge in [0.05, 0.1) is 31.0 Å². The van der Waals surface area contributed by atoms with Crippen molar-refractivity contribution in [2.24, 2.45) is 20.5 Å². The van der Waals surface area contributed by atoms with Gasteiger partial charge in [-0.1, -0.05) is 36.4 Å². The molecule has 0 saturated carbocycles. The average Bonchev–Trinajstić information content (AvgIpc) is 3.11. The number of phenolic OH excluding ortho intramolecular Hbond substituents is 2. The third-order valence-electron chi connectivity index (χ3n) is 8.33. The number of aryl methyl sites for hydroxylation is 2. The molecule has 0 amide bonds. The van der Waals surface area contributed by atoms with E-state index in [4.69, 9.17) is 0 Å². The van der Waals surface area contributed by atoms with Crippen LogP contribution in [-0.4, -0.2) is 62.1 Å². The van der Waals surface area contributed by atoms with E-state index in [1.807, 2.05) is 0 Å². The number of hydrogen-bond donors (Lipinski definition) is 6. The second-order valence-corrected chi connectivity index (χ2v) is 17.6. The highest BCUT2D eigenvalue weighted by molar-refractivity contribution is 7.86. The number of benzene rings is 6. The molecule has 0 radical (unpaired) electrons. The third-order valence-corrected chi connectivity index (χ3v) is 11.9. The summed E-state index contributed by atoms with van der Waals surface area (Å²) in [4.78, 5) is -2.02. The molecule has 0 unspecified atom stereocenters. The largest absolute Gasteiger partial charge is 0.506 e. The SMILES string of the molecule is O=S(=O)(O)c1ccc2c(N=Nc3ccc(CCc4ccc(N=Nc5c(O)ccc6cc(S(=O)(=O)O)ccc56)cc4S(=O)(=O)O)c(S(=O)(=O)O)c3)c(O)ccc2c1. The number of fused-ring (bicyclic) bond motifs is 2. The van der Waals surface area contributed by atoms with Crippen LogP contribution in [0.15, 0.2) is 137 Å². The van der Waals surface area contributed by atoms with E-state index in [9.17, 15) is 62.1 Å². The van der Waals surface area contributed by atoms with Gasteiger partial charge in [0.15, 0.2) is 0 Å². The van der Waals surface area contributed by atoms with Gasteiger partial charge in [0.25, 0.3) is 40.5 Å². The van der Waals surface area contributed by atoms with Gasteiger partial charge in [-0.3, -0.25) is 18.2 Å². The van der Waals surface area contributed by atoms with E-state index in [1.165, 1.54) is 60.7 Å². The lowest BCUT2D eigenvalue weighted by Crippen LogP contribution is -2.07. The number of aromatic hydroxyl groups is 2. The Kier molecular flexibility index (Phi) is 10.5. The molecule has 0 spiro atoms. The third kappa shape index (κ3) is 8.72. The standard InChI is InChI=1S/C34H26N4O14S4/c39-29-13-5-21-15-25(53(41,42)43)9-11-27(21)33(29)37-35-23-7-3-19(31(17-23)55(47,48)49)1-2-20-4-8-24(18-32(20)56(50,51)52)36-38-34-28-12-10-26(54(44,45)46)16-22(28)6-14-30(34)40/h3-18,39-40H,1-2H2,(H,41,42,43)(H,44,45,46)(H,47,48,49)(H,50,51,52). The van der Waals surface area contributed by atoms with Crippen LogP contribution < -0.4 is 0 Å². The maximum absolute atomic E-state index is 12.4. The van der Waals surface area contributed by atoms with E-state index in [0.717, 1.165) is 36.4 Å². The lowest BCUT2D eigenvalue weighted by atomic mass is 10.0. The fraction of sp³-hybridized carbons (Fsp3) is 0.0588. The molecular weight excluding hydrogens is 817 g/mol. The zero-order chi connectivity index (χ0) is 40.8. The normalized spacial score (nSPS) is 13.0. The Labute approximate surface area is 318 Å². The smallest absolute Gasteiger partial charge is 0.294 e. The van der Waals surface area contributed by atoms with Crippen molar-refractivity contribution in [3.05, 3.63) is 108 Å². The van der Waals surface area contributed by atoms with Gasteiger partial charge in [-0.05, 0) is 95.4 Å². The summed E-state index contributed by atoms with van der Waals surface area (Å²) in [6.45, 7) is 0. The summed E-state index contributed by atoms with van der Waals surface area (Å²) in [7, 11) is -18.9. The molecule has 6 N–H and O–H groups in total. The van der Waals surface area contributed by atoms with E-state index < -0.39 is 60.1 Å². The van der Waals surface area contributed by atoms with Crippen LogP contribution in [0.3, 0.4) is 0 Å². The summed E-state index contributed by atoms with van der Waals surface area (Å²) < 4.78 is 135. The van der Waals surface area contributed by atoms with Crippen LogP contribution in [0.2, 0.25) is 0 Å². The summed E-state index contributed by atoms with van der Waals surface area (Å²) in [6.07, 6.45) is -0.378. The molecule has 0 heterocycles. The van der Waals surface area contributed by atoms with Crippen LogP contribution in [0.1, 0.15) is 11.1 Å². The number of azo groups is 2. The van der Waals surface area contributed by atoms with Crippen molar-refractivity contribution in [1.82, 2.24) is 0 Å². The van der Waals surface area contributed by atoms with Gasteiger partial charge < -0.3 is 10.2 Å². The highest BCUT2D eigenvalue weighted by atomic mass is 32.2. The molecule has 0 bridgehead atoms. The first-order chi connectivity index (χ1) is 26.1. The van der Waals surface area contributed by atoms with Gasteiger partial charge in [-0.15, -0.1) is 10.2 Å². The molecule has 0 aliphatic heterocycles. The first kappa shape index (κ1) is 40.0. The van der Waals surface area contributed by atoms with Crippen LogP contribution in [0.5, 0.6) is 11.5 Å². The van der Waals surface area contributed by atoms with Gasteiger partial charge in [0.1, 0.15) is 22.9 Å². The summed E-state index contributed by atoms with van der Waals surface area (Å²) in [6, 6.07) is 19.3. The minimum absolute atomic E-state index is 0.0193. The van der Waals surface area contributed by atoms with Crippen LogP contribution in [0, 0.1) is 0 Å². The highest BCUT2D eigenvalue weighted by Gasteiger charge is 2.21. The first-order valence-electron chi connectivity index (χ1n) is 15.6. The fourth-order valence-electron chi connectivity index (χ4n) is 5.68. The van der Waals surface area contributed by atoms with Crippen LogP contribution in [0.25, 0.3) is 21.5 Å². The Morgan fingerprint density at radius 1 is 0.411 bits per heavy atom. The first-order valence-corrected chi connectivity index (χ1v) is 21.4. The van der Waals surface area contributed by atoms with Crippen molar-refractivity contribution in [3.8, 4) is 11.5 Å². The topological polar surface area (TPSA) is 307 Å². The lowest BCUT2D eigenvalue weighted by molar-refractivity contribution is 0.476.